The minimum absolute atomic E-state index is 0.0203. The topological polar surface area (TPSA) is 50.2 Å². The number of carboxylic acid groups (broad SMARTS) is 1. The summed E-state index contributed by atoms with van der Waals surface area (Å²) in [6, 6.07) is 2.89. The Labute approximate surface area is 68.6 Å². The zero-order chi connectivity index (χ0) is 8.43. The van der Waals surface area contributed by atoms with E-state index in [4.69, 9.17) is 16.7 Å². The van der Waals surface area contributed by atoms with E-state index in [1.807, 2.05) is 0 Å². The Kier molecular flexibility index (Phi) is 2.10. The molecule has 0 aliphatic carbocycles. The Bertz CT molecular complexity index is 298. The molecule has 0 atom stereocenters. The van der Waals surface area contributed by atoms with Gasteiger partial charge >= 0.3 is 5.97 Å². The average molecular weight is 172 g/mol. The summed E-state index contributed by atoms with van der Waals surface area (Å²) in [7, 11) is 0. The number of rotatable bonds is 1. The number of carbonyl (C=O) groups is 1. The van der Waals surface area contributed by atoms with Crippen LogP contribution in [0, 0.1) is 6.92 Å². The molecule has 58 valence electrons. The molecule has 3 nitrogen and oxygen atoms in total. The molecule has 0 amide bonds. The van der Waals surface area contributed by atoms with Crippen LogP contribution in [-0.4, -0.2) is 16.1 Å². The predicted octanol–water partition coefficient (Wildman–Crippen LogP) is 1.74. The smallest absolute Gasteiger partial charge is 0.354 e. The summed E-state index contributed by atoms with van der Waals surface area (Å²) in [6.45, 7) is 1.66. The van der Waals surface area contributed by atoms with Crippen molar-refractivity contribution in [3.8, 4) is 0 Å². The first-order valence-electron chi connectivity index (χ1n) is 2.97. The number of hydrogen-bond acceptors (Lipinski definition) is 2. The van der Waals surface area contributed by atoms with Gasteiger partial charge in [0, 0.05) is 0 Å². The van der Waals surface area contributed by atoms with Gasteiger partial charge < -0.3 is 5.11 Å². The van der Waals surface area contributed by atoms with E-state index >= 15 is 0 Å². The third-order valence-electron chi connectivity index (χ3n) is 1.24. The summed E-state index contributed by atoms with van der Waals surface area (Å²) in [6.07, 6.45) is 0. The van der Waals surface area contributed by atoms with Crippen LogP contribution in [-0.2, 0) is 0 Å². The van der Waals surface area contributed by atoms with Gasteiger partial charge in [0.05, 0.1) is 10.7 Å². The van der Waals surface area contributed by atoms with Crippen LogP contribution < -0.4 is 0 Å². The van der Waals surface area contributed by atoms with Crippen molar-refractivity contribution in [2.75, 3.05) is 0 Å². The van der Waals surface area contributed by atoms with E-state index in [0.717, 1.165) is 0 Å². The fourth-order valence-corrected chi connectivity index (χ4v) is 0.768. The second-order valence-electron chi connectivity index (χ2n) is 2.07. The molecule has 1 N–H and O–H groups in total. The molecule has 0 fully saturated rings. The Morgan fingerprint density at radius 3 is 2.73 bits per heavy atom. The predicted molar refractivity (Wildman–Crippen MR) is 40.9 cm³/mol. The maximum atomic E-state index is 10.4. The van der Waals surface area contributed by atoms with Crippen molar-refractivity contribution in [1.82, 2.24) is 4.98 Å². The van der Waals surface area contributed by atoms with E-state index in [2.05, 4.69) is 4.98 Å². The number of halogens is 1. The molecule has 1 aromatic rings. The number of hydrogen-bond donors (Lipinski definition) is 1. The molecule has 0 aliphatic heterocycles. The van der Waals surface area contributed by atoms with Gasteiger partial charge in [0.1, 0.15) is 5.69 Å². The number of aromatic nitrogens is 1. The molecule has 1 rings (SSSR count). The number of pyridine rings is 1. The Morgan fingerprint density at radius 1 is 1.64 bits per heavy atom. The highest BCUT2D eigenvalue weighted by Gasteiger charge is 2.05. The summed E-state index contributed by atoms with van der Waals surface area (Å²) in [5.74, 6) is -1.04. The molecule has 1 heterocycles. The second-order valence-corrected chi connectivity index (χ2v) is 2.48. The van der Waals surface area contributed by atoms with Gasteiger partial charge in [-0.3, -0.25) is 0 Å². The lowest BCUT2D eigenvalue weighted by molar-refractivity contribution is 0.0690. The fourth-order valence-electron chi connectivity index (χ4n) is 0.663. The fraction of sp³-hybridized carbons (Fsp3) is 0.143. The maximum Gasteiger partial charge on any atom is 0.354 e. The SMILES string of the molecule is Cc1nc(C(=O)O)ccc1Cl. The van der Waals surface area contributed by atoms with E-state index in [9.17, 15) is 4.79 Å². The highest BCUT2D eigenvalue weighted by atomic mass is 35.5. The molecule has 0 saturated heterocycles. The largest absolute Gasteiger partial charge is 0.477 e. The molecule has 0 aromatic carbocycles. The second kappa shape index (κ2) is 2.88. The number of aromatic carboxylic acids is 1. The van der Waals surface area contributed by atoms with Gasteiger partial charge in [0.2, 0.25) is 0 Å². The van der Waals surface area contributed by atoms with Crippen LogP contribution >= 0.6 is 11.6 Å². The third kappa shape index (κ3) is 1.68. The average Bonchev–Trinajstić information content (AvgIpc) is 1.94. The molecular weight excluding hydrogens is 166 g/mol. The minimum Gasteiger partial charge on any atom is -0.477 e. The Hall–Kier alpha value is -1.09. The van der Waals surface area contributed by atoms with E-state index in [1.54, 1.807) is 6.92 Å². The maximum absolute atomic E-state index is 10.4. The molecule has 0 saturated carbocycles. The van der Waals surface area contributed by atoms with Crippen molar-refractivity contribution < 1.29 is 9.90 Å². The Balaban J connectivity index is 3.15. The summed E-state index contributed by atoms with van der Waals surface area (Å²) in [5, 5.41) is 8.98. The number of carboxylic acids is 1. The van der Waals surface area contributed by atoms with Crippen molar-refractivity contribution in [1.29, 1.82) is 0 Å². The lowest BCUT2D eigenvalue weighted by atomic mass is 10.3. The summed E-state index contributed by atoms with van der Waals surface area (Å²) in [5.41, 5.74) is 0.554. The molecule has 0 aliphatic rings. The van der Waals surface area contributed by atoms with Crippen LogP contribution in [0.2, 0.25) is 5.02 Å². The summed E-state index contributed by atoms with van der Waals surface area (Å²) in [4.78, 5) is 14.1. The number of nitrogens with zero attached hydrogens (tertiary/aromatic N) is 1. The molecule has 0 bridgehead atoms. The first-order valence-corrected chi connectivity index (χ1v) is 3.35. The first kappa shape index (κ1) is 8.01. The van der Waals surface area contributed by atoms with E-state index in [0.29, 0.717) is 10.7 Å². The summed E-state index contributed by atoms with van der Waals surface area (Å²) >= 11 is 5.63. The van der Waals surface area contributed by atoms with Crippen LogP contribution in [0.5, 0.6) is 0 Å². The van der Waals surface area contributed by atoms with Gasteiger partial charge in [0.25, 0.3) is 0 Å². The molecule has 0 spiro atoms. The lowest BCUT2D eigenvalue weighted by Gasteiger charge is -1.96. The van der Waals surface area contributed by atoms with Gasteiger partial charge in [-0.25, -0.2) is 9.78 Å². The quantitative estimate of drug-likeness (QED) is 0.700. The van der Waals surface area contributed by atoms with Crippen LogP contribution in [0.3, 0.4) is 0 Å². The van der Waals surface area contributed by atoms with Crippen molar-refractivity contribution in [3.05, 3.63) is 28.5 Å². The van der Waals surface area contributed by atoms with Crippen molar-refractivity contribution >= 4 is 17.6 Å². The van der Waals surface area contributed by atoms with Crippen molar-refractivity contribution in [3.63, 3.8) is 0 Å². The molecule has 1 aromatic heterocycles. The van der Waals surface area contributed by atoms with E-state index in [-0.39, 0.29) is 5.69 Å². The summed E-state index contributed by atoms with van der Waals surface area (Å²) < 4.78 is 0. The molecular formula is C7H6ClNO2. The van der Waals surface area contributed by atoms with E-state index in [1.165, 1.54) is 12.1 Å². The molecule has 0 unspecified atom stereocenters. The normalized spacial score (nSPS) is 9.64. The van der Waals surface area contributed by atoms with Crippen LogP contribution in [0.25, 0.3) is 0 Å². The zero-order valence-corrected chi connectivity index (χ0v) is 6.59. The van der Waals surface area contributed by atoms with Gasteiger partial charge in [-0.2, -0.15) is 0 Å². The highest BCUT2D eigenvalue weighted by Crippen LogP contribution is 2.12. The molecule has 4 heteroatoms. The monoisotopic (exact) mass is 171 g/mol. The van der Waals surface area contributed by atoms with Crippen LogP contribution in [0.1, 0.15) is 16.2 Å². The molecule has 0 radical (unpaired) electrons. The zero-order valence-electron chi connectivity index (χ0n) is 5.84. The van der Waals surface area contributed by atoms with Crippen LogP contribution in [0.4, 0.5) is 0 Å². The third-order valence-corrected chi connectivity index (χ3v) is 1.64. The van der Waals surface area contributed by atoms with Crippen molar-refractivity contribution in [2.45, 2.75) is 6.92 Å². The van der Waals surface area contributed by atoms with Gasteiger partial charge in [-0.1, -0.05) is 11.6 Å². The highest BCUT2D eigenvalue weighted by molar-refractivity contribution is 6.31. The van der Waals surface area contributed by atoms with Gasteiger partial charge in [0.15, 0.2) is 0 Å². The number of aryl methyl sites for hydroxylation is 1. The first-order chi connectivity index (χ1) is 5.11. The van der Waals surface area contributed by atoms with Crippen molar-refractivity contribution in [2.24, 2.45) is 0 Å². The Morgan fingerprint density at radius 2 is 2.27 bits per heavy atom. The van der Waals surface area contributed by atoms with Crippen LogP contribution in [0.15, 0.2) is 12.1 Å². The minimum atomic E-state index is -1.04. The standard InChI is InChI=1S/C7H6ClNO2/c1-4-5(8)2-3-6(9-4)7(10)11/h2-3H,1H3,(H,10,11). The molecule has 11 heavy (non-hydrogen) atoms. The van der Waals surface area contributed by atoms with Gasteiger partial charge in [-0.15, -0.1) is 0 Å². The van der Waals surface area contributed by atoms with E-state index < -0.39 is 5.97 Å². The van der Waals surface area contributed by atoms with Gasteiger partial charge in [-0.05, 0) is 19.1 Å². The lowest BCUT2D eigenvalue weighted by Crippen LogP contribution is -2.00.